The van der Waals surface area contributed by atoms with E-state index < -0.39 is 0 Å². The summed E-state index contributed by atoms with van der Waals surface area (Å²) >= 11 is 16.0. The number of alkyl halides is 1. The second-order valence-corrected chi connectivity index (χ2v) is 6.36. The predicted octanol–water partition coefficient (Wildman–Crippen LogP) is 6.63. The standard InChI is InChI=1S/C17H11BrCl2/c18-17(15-9-8-12(19)10-16(15)20)14-7-3-5-11-4-1-2-6-13(11)14/h1-10,17H. The van der Waals surface area contributed by atoms with Crippen molar-refractivity contribution >= 4 is 49.9 Å². The number of hydrogen-bond donors (Lipinski definition) is 0. The van der Waals surface area contributed by atoms with Gasteiger partial charge in [0, 0.05) is 10.0 Å². The van der Waals surface area contributed by atoms with Crippen LogP contribution in [0.5, 0.6) is 0 Å². The second kappa shape index (κ2) is 5.77. The summed E-state index contributed by atoms with van der Waals surface area (Å²) in [6.45, 7) is 0. The van der Waals surface area contributed by atoms with Crippen molar-refractivity contribution in [3.8, 4) is 0 Å². The van der Waals surface area contributed by atoms with E-state index in [2.05, 4.69) is 52.3 Å². The minimum absolute atomic E-state index is 0.0402. The number of hydrogen-bond acceptors (Lipinski definition) is 0. The van der Waals surface area contributed by atoms with E-state index in [-0.39, 0.29) is 4.83 Å². The Labute approximate surface area is 136 Å². The van der Waals surface area contributed by atoms with Crippen LogP contribution in [0.1, 0.15) is 16.0 Å². The van der Waals surface area contributed by atoms with Gasteiger partial charge in [-0.3, -0.25) is 0 Å². The van der Waals surface area contributed by atoms with Gasteiger partial charge in [-0.2, -0.15) is 0 Å². The van der Waals surface area contributed by atoms with Gasteiger partial charge in [-0.25, -0.2) is 0 Å². The lowest BCUT2D eigenvalue weighted by molar-refractivity contribution is 1.20. The van der Waals surface area contributed by atoms with Gasteiger partial charge in [0.05, 0.1) is 4.83 Å². The van der Waals surface area contributed by atoms with E-state index in [1.54, 1.807) is 6.07 Å². The van der Waals surface area contributed by atoms with E-state index in [1.165, 1.54) is 16.3 Å². The fourth-order valence-electron chi connectivity index (χ4n) is 2.35. The maximum atomic E-state index is 6.31. The van der Waals surface area contributed by atoms with Crippen LogP contribution in [0.25, 0.3) is 10.8 Å². The molecule has 1 unspecified atom stereocenters. The molecule has 0 saturated carbocycles. The van der Waals surface area contributed by atoms with E-state index >= 15 is 0 Å². The van der Waals surface area contributed by atoms with Gasteiger partial charge in [-0.1, -0.05) is 87.7 Å². The minimum atomic E-state index is 0.0402. The first kappa shape index (κ1) is 13.9. The number of fused-ring (bicyclic) bond motifs is 1. The SMILES string of the molecule is Clc1ccc(C(Br)c2cccc3ccccc23)c(Cl)c1. The average molecular weight is 366 g/mol. The van der Waals surface area contributed by atoms with Crippen LogP contribution in [0.2, 0.25) is 10.0 Å². The van der Waals surface area contributed by atoms with Gasteiger partial charge in [0.1, 0.15) is 0 Å². The van der Waals surface area contributed by atoms with Crippen LogP contribution in [0.15, 0.2) is 60.7 Å². The van der Waals surface area contributed by atoms with Crippen molar-refractivity contribution in [1.29, 1.82) is 0 Å². The number of benzene rings is 3. The Morgan fingerprint density at radius 3 is 2.35 bits per heavy atom. The van der Waals surface area contributed by atoms with Crippen molar-refractivity contribution in [2.75, 3.05) is 0 Å². The third kappa shape index (κ3) is 2.58. The molecule has 3 heteroatoms. The van der Waals surface area contributed by atoms with E-state index in [0.29, 0.717) is 10.0 Å². The third-order valence-corrected chi connectivity index (χ3v) is 4.88. The zero-order valence-corrected chi connectivity index (χ0v) is 13.6. The molecule has 0 nitrogen and oxygen atoms in total. The summed E-state index contributed by atoms with van der Waals surface area (Å²) in [5.74, 6) is 0. The van der Waals surface area contributed by atoms with Crippen molar-refractivity contribution in [1.82, 2.24) is 0 Å². The van der Waals surface area contributed by atoms with Crippen LogP contribution in [-0.4, -0.2) is 0 Å². The molecule has 20 heavy (non-hydrogen) atoms. The van der Waals surface area contributed by atoms with Gasteiger partial charge < -0.3 is 0 Å². The topological polar surface area (TPSA) is 0 Å². The molecule has 0 fully saturated rings. The Bertz CT molecular complexity index is 763. The van der Waals surface area contributed by atoms with Gasteiger partial charge in [0.15, 0.2) is 0 Å². The quantitative estimate of drug-likeness (QED) is 0.447. The molecule has 0 aliphatic rings. The van der Waals surface area contributed by atoms with Gasteiger partial charge in [-0.05, 0) is 34.0 Å². The molecule has 3 aromatic carbocycles. The maximum absolute atomic E-state index is 6.31. The summed E-state index contributed by atoms with van der Waals surface area (Å²) in [6.07, 6.45) is 0. The molecular weight excluding hydrogens is 355 g/mol. The van der Waals surface area contributed by atoms with Crippen LogP contribution < -0.4 is 0 Å². The molecule has 0 bridgehead atoms. The summed E-state index contributed by atoms with van der Waals surface area (Å²) in [4.78, 5) is 0.0402. The maximum Gasteiger partial charge on any atom is 0.0665 e. The number of rotatable bonds is 2. The van der Waals surface area contributed by atoms with E-state index in [9.17, 15) is 0 Å². The van der Waals surface area contributed by atoms with E-state index in [0.717, 1.165) is 5.56 Å². The Balaban J connectivity index is 2.15. The molecule has 0 amide bonds. The molecule has 0 heterocycles. The molecular formula is C17H11BrCl2. The highest BCUT2D eigenvalue weighted by Gasteiger charge is 2.16. The van der Waals surface area contributed by atoms with Crippen molar-refractivity contribution in [2.45, 2.75) is 4.83 Å². The van der Waals surface area contributed by atoms with Gasteiger partial charge in [-0.15, -0.1) is 0 Å². The smallest absolute Gasteiger partial charge is 0.0665 e. The molecule has 0 radical (unpaired) electrons. The van der Waals surface area contributed by atoms with Crippen molar-refractivity contribution < 1.29 is 0 Å². The molecule has 0 aliphatic carbocycles. The first-order valence-corrected chi connectivity index (χ1v) is 7.90. The summed E-state index contributed by atoms with van der Waals surface area (Å²) in [5, 5.41) is 3.77. The summed E-state index contributed by atoms with van der Waals surface area (Å²) in [5.41, 5.74) is 2.22. The first-order chi connectivity index (χ1) is 9.66. The Morgan fingerprint density at radius 1 is 0.800 bits per heavy atom. The van der Waals surface area contributed by atoms with Gasteiger partial charge >= 0.3 is 0 Å². The highest BCUT2D eigenvalue weighted by molar-refractivity contribution is 9.09. The monoisotopic (exact) mass is 364 g/mol. The Hall–Kier alpha value is -1.02. The van der Waals surface area contributed by atoms with Gasteiger partial charge in [0.25, 0.3) is 0 Å². The van der Waals surface area contributed by atoms with Crippen LogP contribution >= 0.6 is 39.1 Å². The van der Waals surface area contributed by atoms with Crippen LogP contribution in [0, 0.1) is 0 Å². The zero-order valence-electron chi connectivity index (χ0n) is 10.5. The molecule has 1 atom stereocenters. The Kier molecular flexibility index (Phi) is 4.02. The fourth-order valence-corrected chi connectivity index (χ4v) is 3.79. The number of halogens is 3. The molecule has 100 valence electrons. The third-order valence-electron chi connectivity index (χ3n) is 3.33. The first-order valence-electron chi connectivity index (χ1n) is 6.23. The lowest BCUT2D eigenvalue weighted by atomic mass is 9.98. The Morgan fingerprint density at radius 2 is 1.55 bits per heavy atom. The molecule has 0 saturated heterocycles. The van der Waals surface area contributed by atoms with Crippen LogP contribution in [0.3, 0.4) is 0 Å². The van der Waals surface area contributed by atoms with Crippen LogP contribution in [-0.2, 0) is 0 Å². The molecule has 0 spiro atoms. The largest absolute Gasteiger partial charge is 0.0843 e. The minimum Gasteiger partial charge on any atom is -0.0843 e. The molecule has 3 rings (SSSR count). The highest BCUT2D eigenvalue weighted by Crippen LogP contribution is 2.39. The molecule has 0 aliphatic heterocycles. The van der Waals surface area contributed by atoms with Crippen molar-refractivity contribution in [3.63, 3.8) is 0 Å². The molecule has 3 aromatic rings. The van der Waals surface area contributed by atoms with Crippen molar-refractivity contribution in [3.05, 3.63) is 81.8 Å². The average Bonchev–Trinajstić information content (AvgIpc) is 2.46. The summed E-state index contributed by atoms with van der Waals surface area (Å²) < 4.78 is 0. The second-order valence-electron chi connectivity index (χ2n) is 4.60. The zero-order chi connectivity index (χ0) is 14.1. The van der Waals surface area contributed by atoms with E-state index in [4.69, 9.17) is 23.2 Å². The fraction of sp³-hybridized carbons (Fsp3) is 0.0588. The van der Waals surface area contributed by atoms with Gasteiger partial charge in [0.2, 0.25) is 0 Å². The summed E-state index contributed by atoms with van der Waals surface area (Å²) in [7, 11) is 0. The van der Waals surface area contributed by atoms with E-state index in [1.807, 2.05) is 18.2 Å². The molecule has 0 aromatic heterocycles. The lowest BCUT2D eigenvalue weighted by Crippen LogP contribution is -1.95. The summed E-state index contributed by atoms with van der Waals surface area (Å²) in [6, 6.07) is 20.2. The molecule has 0 N–H and O–H groups in total. The normalized spacial score (nSPS) is 12.6. The highest BCUT2D eigenvalue weighted by atomic mass is 79.9. The van der Waals surface area contributed by atoms with Crippen molar-refractivity contribution in [2.24, 2.45) is 0 Å². The van der Waals surface area contributed by atoms with Crippen LogP contribution in [0.4, 0.5) is 0 Å². The lowest BCUT2D eigenvalue weighted by Gasteiger charge is -2.15. The predicted molar refractivity (Wildman–Crippen MR) is 91.2 cm³/mol.